The highest BCUT2D eigenvalue weighted by Gasteiger charge is 2.15. The molecule has 0 saturated heterocycles. The van der Waals surface area contributed by atoms with Gasteiger partial charge >= 0.3 is 5.97 Å². The number of ether oxygens (including phenoxy) is 1. The minimum Gasteiger partial charge on any atom is -0.454 e. The maximum Gasteiger partial charge on any atom is 0.339 e. The Morgan fingerprint density at radius 2 is 2.00 bits per heavy atom. The topological polar surface area (TPSA) is 101 Å². The number of thioether (sulfide) groups is 1. The monoisotopic (exact) mass is 445 g/mol. The number of amides is 1. The van der Waals surface area contributed by atoms with Crippen LogP contribution in [0.3, 0.4) is 0 Å². The number of benzene rings is 2. The summed E-state index contributed by atoms with van der Waals surface area (Å²) >= 11 is 7.21. The van der Waals surface area contributed by atoms with Crippen LogP contribution in [0, 0.1) is 0 Å². The van der Waals surface area contributed by atoms with Crippen molar-refractivity contribution in [3.63, 3.8) is 0 Å². The summed E-state index contributed by atoms with van der Waals surface area (Å²) in [6.45, 7) is 3.56. The number of esters is 1. The van der Waals surface area contributed by atoms with Crippen molar-refractivity contribution in [3.05, 3.63) is 69.2 Å². The average molecular weight is 446 g/mol. The summed E-state index contributed by atoms with van der Waals surface area (Å²) in [7, 11) is 0. The van der Waals surface area contributed by atoms with E-state index in [1.807, 2.05) is 13.8 Å². The number of halogens is 1. The Bertz CT molecular complexity index is 1150. The molecule has 3 rings (SSSR count). The molecule has 1 aromatic heterocycles. The number of rotatable bonds is 7. The van der Waals surface area contributed by atoms with Gasteiger partial charge in [-0.2, -0.15) is 0 Å². The molecular weight excluding hydrogens is 426 g/mol. The van der Waals surface area contributed by atoms with Crippen molar-refractivity contribution in [3.8, 4) is 0 Å². The number of aromatic amines is 1. The zero-order chi connectivity index (χ0) is 21.7. The quantitative estimate of drug-likeness (QED) is 0.426. The summed E-state index contributed by atoms with van der Waals surface area (Å²) in [6.07, 6.45) is 0. The van der Waals surface area contributed by atoms with Crippen LogP contribution in [-0.4, -0.2) is 33.6 Å². The van der Waals surface area contributed by atoms with Crippen molar-refractivity contribution in [1.82, 2.24) is 15.3 Å². The van der Waals surface area contributed by atoms with E-state index < -0.39 is 5.97 Å². The predicted octanol–water partition coefficient (Wildman–Crippen LogP) is 3.55. The standard InChI is InChI=1S/C21H20ClN3O4S/c1-12(2)23-19(26)11-30-17-6-4-3-5-15(17)21(28)29-10-18-24-16-9-13(22)7-8-14(16)20(27)25-18/h3-9,12H,10-11H2,1-2H3,(H,23,26)(H,24,25,27). The molecule has 0 aliphatic heterocycles. The number of carbonyl (C=O) groups excluding carboxylic acids is 2. The van der Waals surface area contributed by atoms with Crippen LogP contribution >= 0.6 is 23.4 Å². The van der Waals surface area contributed by atoms with Gasteiger partial charge < -0.3 is 15.0 Å². The lowest BCUT2D eigenvalue weighted by Gasteiger charge is -2.11. The van der Waals surface area contributed by atoms with E-state index in [-0.39, 0.29) is 35.7 Å². The number of hydrogen-bond donors (Lipinski definition) is 2. The number of nitrogens with one attached hydrogen (secondary N) is 2. The number of fused-ring (bicyclic) bond motifs is 1. The second-order valence-electron chi connectivity index (χ2n) is 6.76. The molecule has 0 unspecified atom stereocenters. The molecule has 1 heterocycles. The number of aromatic nitrogens is 2. The molecule has 2 aromatic carbocycles. The summed E-state index contributed by atoms with van der Waals surface area (Å²) in [6, 6.07) is 11.7. The predicted molar refractivity (Wildman–Crippen MR) is 117 cm³/mol. The van der Waals surface area contributed by atoms with E-state index >= 15 is 0 Å². The maximum absolute atomic E-state index is 12.6. The van der Waals surface area contributed by atoms with Gasteiger partial charge in [-0.15, -0.1) is 11.8 Å². The fourth-order valence-electron chi connectivity index (χ4n) is 2.71. The first kappa shape index (κ1) is 21.9. The van der Waals surface area contributed by atoms with Crippen molar-refractivity contribution >= 4 is 46.1 Å². The Morgan fingerprint density at radius 1 is 1.23 bits per heavy atom. The summed E-state index contributed by atoms with van der Waals surface area (Å²) in [4.78, 5) is 44.2. The van der Waals surface area contributed by atoms with Crippen LogP contribution in [0.1, 0.15) is 30.0 Å². The summed E-state index contributed by atoms with van der Waals surface area (Å²) in [5.41, 5.74) is 0.422. The van der Waals surface area contributed by atoms with E-state index in [1.165, 1.54) is 11.8 Å². The highest BCUT2D eigenvalue weighted by molar-refractivity contribution is 8.00. The molecule has 0 fully saturated rings. The highest BCUT2D eigenvalue weighted by Crippen LogP contribution is 2.23. The Kier molecular flexibility index (Phi) is 7.12. The van der Waals surface area contributed by atoms with Gasteiger partial charge in [-0.25, -0.2) is 9.78 Å². The number of carbonyl (C=O) groups is 2. The van der Waals surface area contributed by atoms with Gasteiger partial charge in [-0.3, -0.25) is 9.59 Å². The maximum atomic E-state index is 12.6. The van der Waals surface area contributed by atoms with Crippen LogP contribution in [0.4, 0.5) is 0 Å². The van der Waals surface area contributed by atoms with Gasteiger partial charge in [0, 0.05) is 16.0 Å². The molecule has 0 atom stereocenters. The van der Waals surface area contributed by atoms with Crippen LogP contribution in [0.25, 0.3) is 10.9 Å². The Morgan fingerprint density at radius 3 is 2.77 bits per heavy atom. The molecule has 7 nitrogen and oxygen atoms in total. The zero-order valence-electron chi connectivity index (χ0n) is 16.4. The molecule has 0 spiro atoms. The van der Waals surface area contributed by atoms with E-state index in [2.05, 4.69) is 15.3 Å². The van der Waals surface area contributed by atoms with Gasteiger partial charge in [0.15, 0.2) is 0 Å². The lowest BCUT2D eigenvalue weighted by molar-refractivity contribution is -0.119. The smallest absolute Gasteiger partial charge is 0.339 e. The molecule has 0 aliphatic rings. The van der Waals surface area contributed by atoms with Gasteiger partial charge in [-0.1, -0.05) is 23.7 Å². The SMILES string of the molecule is CC(C)NC(=O)CSc1ccccc1C(=O)OCc1nc2cc(Cl)ccc2c(=O)[nH]1. The largest absolute Gasteiger partial charge is 0.454 e. The first-order valence-corrected chi connectivity index (χ1v) is 10.6. The average Bonchev–Trinajstić information content (AvgIpc) is 2.70. The molecular formula is C21H20ClN3O4S. The third kappa shape index (κ3) is 5.61. The van der Waals surface area contributed by atoms with Crippen molar-refractivity contribution < 1.29 is 14.3 Å². The minimum atomic E-state index is -0.573. The Balaban J connectivity index is 1.70. The van der Waals surface area contributed by atoms with Crippen LogP contribution in [-0.2, 0) is 16.1 Å². The summed E-state index contributed by atoms with van der Waals surface area (Å²) < 4.78 is 5.34. The van der Waals surface area contributed by atoms with Crippen molar-refractivity contribution in [1.29, 1.82) is 0 Å². The first-order chi connectivity index (χ1) is 14.3. The van der Waals surface area contributed by atoms with Gasteiger partial charge in [0.1, 0.15) is 12.4 Å². The van der Waals surface area contributed by atoms with Crippen LogP contribution < -0.4 is 10.9 Å². The third-order valence-corrected chi connectivity index (χ3v) is 5.28. The Hall–Kier alpha value is -2.84. The molecule has 156 valence electrons. The molecule has 0 bridgehead atoms. The van der Waals surface area contributed by atoms with E-state index in [0.29, 0.717) is 26.4 Å². The van der Waals surface area contributed by atoms with Gasteiger partial charge in [-0.05, 0) is 44.2 Å². The van der Waals surface area contributed by atoms with Gasteiger partial charge in [0.05, 0.1) is 22.2 Å². The fourth-order valence-corrected chi connectivity index (χ4v) is 3.73. The normalized spacial score (nSPS) is 10.9. The second kappa shape index (κ2) is 9.77. The first-order valence-electron chi connectivity index (χ1n) is 9.20. The van der Waals surface area contributed by atoms with Gasteiger partial charge in [0.2, 0.25) is 5.91 Å². The van der Waals surface area contributed by atoms with Gasteiger partial charge in [0.25, 0.3) is 5.56 Å². The van der Waals surface area contributed by atoms with Crippen LogP contribution in [0.2, 0.25) is 5.02 Å². The zero-order valence-corrected chi connectivity index (χ0v) is 18.0. The number of nitrogens with zero attached hydrogens (tertiary/aromatic N) is 1. The summed E-state index contributed by atoms with van der Waals surface area (Å²) in [5, 5.41) is 3.66. The molecule has 0 radical (unpaired) electrons. The van der Waals surface area contributed by atoms with E-state index in [9.17, 15) is 14.4 Å². The number of H-pyrrole nitrogens is 1. The lowest BCUT2D eigenvalue weighted by atomic mass is 10.2. The molecule has 0 saturated carbocycles. The lowest BCUT2D eigenvalue weighted by Crippen LogP contribution is -2.31. The third-order valence-electron chi connectivity index (χ3n) is 3.97. The van der Waals surface area contributed by atoms with E-state index in [0.717, 1.165) is 0 Å². The van der Waals surface area contributed by atoms with E-state index in [4.69, 9.17) is 16.3 Å². The molecule has 3 aromatic rings. The van der Waals surface area contributed by atoms with Crippen molar-refractivity contribution in [2.24, 2.45) is 0 Å². The molecule has 30 heavy (non-hydrogen) atoms. The second-order valence-corrected chi connectivity index (χ2v) is 8.21. The molecule has 9 heteroatoms. The molecule has 0 aliphatic carbocycles. The van der Waals surface area contributed by atoms with Crippen molar-refractivity contribution in [2.45, 2.75) is 31.4 Å². The number of hydrogen-bond acceptors (Lipinski definition) is 6. The fraction of sp³-hybridized carbons (Fsp3) is 0.238. The minimum absolute atomic E-state index is 0.0461. The molecule has 2 N–H and O–H groups in total. The summed E-state index contributed by atoms with van der Waals surface area (Å²) in [5.74, 6) is -0.293. The van der Waals surface area contributed by atoms with Crippen LogP contribution in [0.5, 0.6) is 0 Å². The van der Waals surface area contributed by atoms with E-state index in [1.54, 1.807) is 42.5 Å². The van der Waals surface area contributed by atoms with Crippen molar-refractivity contribution in [2.75, 3.05) is 5.75 Å². The van der Waals surface area contributed by atoms with Crippen LogP contribution in [0.15, 0.2) is 52.2 Å². The molecule has 1 amide bonds. The highest BCUT2D eigenvalue weighted by atomic mass is 35.5. The Labute approximate surface area is 182 Å².